The van der Waals surface area contributed by atoms with Crippen LogP contribution in [0.1, 0.15) is 38.8 Å². The van der Waals surface area contributed by atoms with Crippen LogP contribution in [0.15, 0.2) is 12.1 Å². The van der Waals surface area contributed by atoms with E-state index in [-0.39, 0.29) is 12.0 Å². The number of ether oxygens (including phenoxy) is 1. The number of rotatable bonds is 6. The minimum absolute atomic E-state index is 0.157. The Bertz CT molecular complexity index is 506. The molecule has 0 saturated carbocycles. The summed E-state index contributed by atoms with van der Waals surface area (Å²) in [5.74, 6) is 0.0739. The SMILES string of the molecule is COC(=O)C(CC(C)C)NC(C)c1ccc(Cl)c(Cl)c1Cl. The summed E-state index contributed by atoms with van der Waals surface area (Å²) in [7, 11) is 1.38. The summed E-state index contributed by atoms with van der Waals surface area (Å²) in [6.45, 7) is 6.02. The lowest BCUT2D eigenvalue weighted by atomic mass is 10.0. The minimum Gasteiger partial charge on any atom is -0.468 e. The zero-order valence-corrected chi connectivity index (χ0v) is 14.8. The minimum atomic E-state index is -0.393. The van der Waals surface area contributed by atoms with E-state index in [9.17, 15) is 4.79 Å². The first-order chi connectivity index (χ1) is 9.77. The molecule has 1 aromatic carbocycles. The third kappa shape index (κ3) is 5.03. The zero-order chi connectivity index (χ0) is 16.2. The fraction of sp³-hybridized carbons (Fsp3) is 0.533. The smallest absolute Gasteiger partial charge is 0.322 e. The molecule has 0 aliphatic heterocycles. The van der Waals surface area contributed by atoms with Gasteiger partial charge in [-0.2, -0.15) is 0 Å². The molecule has 1 N–H and O–H groups in total. The van der Waals surface area contributed by atoms with E-state index < -0.39 is 6.04 Å². The van der Waals surface area contributed by atoms with Crippen LogP contribution >= 0.6 is 34.8 Å². The van der Waals surface area contributed by atoms with Crippen molar-refractivity contribution in [2.45, 2.75) is 39.3 Å². The molecule has 6 heteroatoms. The molecule has 21 heavy (non-hydrogen) atoms. The van der Waals surface area contributed by atoms with Gasteiger partial charge in [-0.25, -0.2) is 0 Å². The van der Waals surface area contributed by atoms with Crippen LogP contribution in [-0.4, -0.2) is 19.1 Å². The highest BCUT2D eigenvalue weighted by Crippen LogP contribution is 2.35. The van der Waals surface area contributed by atoms with Gasteiger partial charge in [0.05, 0.1) is 22.2 Å². The molecule has 2 atom stereocenters. The van der Waals surface area contributed by atoms with E-state index in [0.717, 1.165) is 5.56 Å². The monoisotopic (exact) mass is 351 g/mol. The first kappa shape index (κ1) is 18.6. The van der Waals surface area contributed by atoms with Crippen molar-refractivity contribution in [2.24, 2.45) is 5.92 Å². The van der Waals surface area contributed by atoms with Gasteiger partial charge in [0.2, 0.25) is 0 Å². The number of methoxy groups -OCH3 is 1. The molecular weight excluding hydrogens is 333 g/mol. The standard InChI is InChI=1S/C15H20Cl3NO2/c1-8(2)7-12(15(20)21-4)19-9(3)10-5-6-11(16)14(18)13(10)17/h5-6,8-9,12,19H,7H2,1-4H3. The summed E-state index contributed by atoms with van der Waals surface area (Å²) in [6, 6.07) is 2.95. The van der Waals surface area contributed by atoms with Gasteiger partial charge < -0.3 is 4.74 Å². The molecule has 0 amide bonds. The first-order valence-electron chi connectivity index (χ1n) is 6.75. The molecule has 0 fully saturated rings. The molecule has 0 aliphatic carbocycles. The average Bonchev–Trinajstić information content (AvgIpc) is 2.42. The Morgan fingerprint density at radius 3 is 2.33 bits per heavy atom. The number of carbonyl (C=O) groups excluding carboxylic acids is 1. The molecule has 0 spiro atoms. The van der Waals surface area contributed by atoms with Crippen molar-refractivity contribution >= 4 is 40.8 Å². The molecule has 0 radical (unpaired) electrons. The molecule has 0 bridgehead atoms. The van der Waals surface area contributed by atoms with Crippen LogP contribution in [0.25, 0.3) is 0 Å². The second-order valence-electron chi connectivity index (χ2n) is 5.36. The maximum atomic E-state index is 11.9. The van der Waals surface area contributed by atoms with Crippen LogP contribution in [-0.2, 0) is 9.53 Å². The second kappa shape index (κ2) is 8.23. The lowest BCUT2D eigenvalue weighted by Crippen LogP contribution is -2.40. The van der Waals surface area contributed by atoms with E-state index in [1.54, 1.807) is 12.1 Å². The van der Waals surface area contributed by atoms with Gasteiger partial charge in [-0.3, -0.25) is 10.1 Å². The summed E-state index contributed by atoms with van der Waals surface area (Å²) < 4.78 is 4.84. The number of hydrogen-bond acceptors (Lipinski definition) is 3. The molecule has 1 aromatic rings. The van der Waals surface area contributed by atoms with Gasteiger partial charge >= 0.3 is 5.97 Å². The Labute approximate surface area is 140 Å². The van der Waals surface area contributed by atoms with Gasteiger partial charge in [0, 0.05) is 6.04 Å². The molecule has 2 unspecified atom stereocenters. The highest BCUT2D eigenvalue weighted by Gasteiger charge is 2.24. The number of esters is 1. The summed E-state index contributed by atoms with van der Waals surface area (Å²) in [5, 5.41) is 4.37. The summed E-state index contributed by atoms with van der Waals surface area (Å²) in [6.07, 6.45) is 0.677. The van der Waals surface area contributed by atoms with Gasteiger partial charge in [0.1, 0.15) is 6.04 Å². The van der Waals surface area contributed by atoms with Gasteiger partial charge in [-0.15, -0.1) is 0 Å². The van der Waals surface area contributed by atoms with E-state index in [0.29, 0.717) is 27.4 Å². The molecule has 0 heterocycles. The fourth-order valence-corrected chi connectivity index (χ4v) is 2.82. The van der Waals surface area contributed by atoms with Gasteiger partial charge in [0.15, 0.2) is 0 Å². The first-order valence-corrected chi connectivity index (χ1v) is 7.88. The van der Waals surface area contributed by atoms with E-state index in [4.69, 9.17) is 39.5 Å². The maximum absolute atomic E-state index is 11.9. The molecule has 0 aromatic heterocycles. The lowest BCUT2D eigenvalue weighted by molar-refractivity contribution is -0.143. The molecule has 0 saturated heterocycles. The number of carbonyl (C=O) groups is 1. The van der Waals surface area contributed by atoms with Crippen LogP contribution in [0.5, 0.6) is 0 Å². The van der Waals surface area contributed by atoms with E-state index in [1.165, 1.54) is 7.11 Å². The topological polar surface area (TPSA) is 38.3 Å². The van der Waals surface area contributed by atoms with Crippen molar-refractivity contribution < 1.29 is 9.53 Å². The molecule has 3 nitrogen and oxygen atoms in total. The number of halogens is 3. The number of hydrogen-bond donors (Lipinski definition) is 1. The number of benzene rings is 1. The zero-order valence-electron chi connectivity index (χ0n) is 12.5. The van der Waals surface area contributed by atoms with Crippen molar-refractivity contribution in [3.63, 3.8) is 0 Å². The Balaban J connectivity index is 2.94. The van der Waals surface area contributed by atoms with E-state index >= 15 is 0 Å². The van der Waals surface area contributed by atoms with Crippen LogP contribution in [0, 0.1) is 5.92 Å². The summed E-state index contributed by atoms with van der Waals surface area (Å²) in [5.41, 5.74) is 0.795. The van der Waals surface area contributed by atoms with Crippen molar-refractivity contribution in [3.05, 3.63) is 32.8 Å². The van der Waals surface area contributed by atoms with Gasteiger partial charge in [-0.05, 0) is 30.9 Å². The van der Waals surface area contributed by atoms with Gasteiger partial charge in [0.25, 0.3) is 0 Å². The van der Waals surface area contributed by atoms with Crippen molar-refractivity contribution in [2.75, 3.05) is 7.11 Å². The Hall–Kier alpha value is -0.480. The molecular formula is C15H20Cl3NO2. The van der Waals surface area contributed by atoms with Crippen LogP contribution < -0.4 is 5.32 Å². The Kier molecular flexibility index (Phi) is 7.28. The predicted octanol–water partition coefficient (Wildman–Crippen LogP) is 4.89. The normalized spacial score (nSPS) is 14.1. The second-order valence-corrected chi connectivity index (χ2v) is 6.52. The highest BCUT2D eigenvalue weighted by molar-refractivity contribution is 6.48. The molecule has 1 rings (SSSR count). The summed E-state index contributed by atoms with van der Waals surface area (Å²) >= 11 is 18.2. The van der Waals surface area contributed by atoms with Crippen LogP contribution in [0.4, 0.5) is 0 Å². The van der Waals surface area contributed by atoms with Crippen molar-refractivity contribution in [1.29, 1.82) is 0 Å². The van der Waals surface area contributed by atoms with E-state index in [1.807, 2.05) is 6.92 Å². The highest BCUT2D eigenvalue weighted by atomic mass is 35.5. The third-order valence-electron chi connectivity index (χ3n) is 3.18. The predicted molar refractivity (Wildman–Crippen MR) is 88.3 cm³/mol. The van der Waals surface area contributed by atoms with Crippen LogP contribution in [0.2, 0.25) is 15.1 Å². The largest absolute Gasteiger partial charge is 0.468 e. The van der Waals surface area contributed by atoms with Crippen molar-refractivity contribution in [1.82, 2.24) is 5.32 Å². The van der Waals surface area contributed by atoms with E-state index in [2.05, 4.69) is 19.2 Å². The fourth-order valence-electron chi connectivity index (χ4n) is 2.11. The Morgan fingerprint density at radius 2 is 1.81 bits per heavy atom. The molecule has 118 valence electrons. The quantitative estimate of drug-likeness (QED) is 0.585. The van der Waals surface area contributed by atoms with Gasteiger partial charge in [-0.1, -0.05) is 54.7 Å². The maximum Gasteiger partial charge on any atom is 0.322 e. The number of nitrogens with one attached hydrogen (secondary N) is 1. The average molecular weight is 353 g/mol. The molecule has 0 aliphatic rings. The third-order valence-corrected chi connectivity index (χ3v) is 4.48. The Morgan fingerprint density at radius 1 is 1.19 bits per heavy atom. The van der Waals surface area contributed by atoms with Crippen molar-refractivity contribution in [3.8, 4) is 0 Å². The summed E-state index contributed by atoms with van der Waals surface area (Å²) in [4.78, 5) is 11.9. The van der Waals surface area contributed by atoms with Crippen LogP contribution in [0.3, 0.4) is 0 Å². The lowest BCUT2D eigenvalue weighted by Gasteiger charge is -2.24.